The number of allylic oxidation sites excluding steroid dienone is 4. The fraction of sp³-hybridized carbons (Fsp3) is 0.200. The molecule has 0 saturated heterocycles. The molecular formula is C10H10FNO. The number of nitrogens with two attached hydrogens (primary N) is 1. The number of rotatable bonds is 2. The third-order valence-electron chi connectivity index (χ3n) is 1.82. The van der Waals surface area contributed by atoms with E-state index in [0.717, 1.165) is 0 Å². The van der Waals surface area contributed by atoms with Crippen molar-refractivity contribution in [3.63, 3.8) is 0 Å². The zero-order valence-corrected chi connectivity index (χ0v) is 7.25. The number of halogens is 1. The second kappa shape index (κ2) is 3.87. The van der Waals surface area contributed by atoms with Crippen LogP contribution in [0, 0.1) is 5.92 Å². The van der Waals surface area contributed by atoms with Gasteiger partial charge in [0, 0.05) is 0 Å². The Kier molecular flexibility index (Phi) is 2.83. The predicted molar refractivity (Wildman–Crippen MR) is 48.3 cm³/mol. The molecule has 0 aromatic carbocycles. The first-order valence-electron chi connectivity index (χ1n) is 3.90. The monoisotopic (exact) mass is 179 g/mol. The number of amides is 1. The van der Waals surface area contributed by atoms with Crippen molar-refractivity contribution in [3.8, 4) is 0 Å². The van der Waals surface area contributed by atoms with Crippen LogP contribution in [0.1, 0.15) is 6.92 Å². The molecule has 0 radical (unpaired) electrons. The lowest BCUT2D eigenvalue weighted by molar-refractivity contribution is -0.120. The maximum absolute atomic E-state index is 12.9. The minimum absolute atomic E-state index is 0.399. The molecule has 1 amide bonds. The lowest BCUT2D eigenvalue weighted by Gasteiger charge is -2.06. The number of carbonyl (C=O) groups excluding carboxylic acids is 1. The van der Waals surface area contributed by atoms with Gasteiger partial charge in [-0.3, -0.25) is 4.79 Å². The molecule has 13 heavy (non-hydrogen) atoms. The van der Waals surface area contributed by atoms with Crippen LogP contribution in [0.25, 0.3) is 0 Å². The van der Waals surface area contributed by atoms with Crippen molar-refractivity contribution in [1.82, 2.24) is 0 Å². The second-order valence-electron chi connectivity index (χ2n) is 2.80. The quantitative estimate of drug-likeness (QED) is 0.643. The maximum Gasteiger partial charge on any atom is 0.224 e. The van der Waals surface area contributed by atoms with Crippen LogP contribution < -0.4 is 5.73 Å². The van der Waals surface area contributed by atoms with Gasteiger partial charge in [0.05, 0.1) is 5.92 Å². The fourth-order valence-corrected chi connectivity index (χ4v) is 0.935. The first kappa shape index (κ1) is 9.49. The Morgan fingerprint density at radius 2 is 2.38 bits per heavy atom. The van der Waals surface area contributed by atoms with Crippen LogP contribution in [0.3, 0.4) is 0 Å². The van der Waals surface area contributed by atoms with Crippen molar-refractivity contribution in [1.29, 1.82) is 0 Å². The summed E-state index contributed by atoms with van der Waals surface area (Å²) in [5.74, 6) is -1.36. The van der Waals surface area contributed by atoms with Crippen LogP contribution in [-0.2, 0) is 4.79 Å². The molecule has 1 rings (SSSR count). The van der Waals surface area contributed by atoms with Gasteiger partial charge in [-0.05, 0) is 36.8 Å². The van der Waals surface area contributed by atoms with Crippen LogP contribution in [0.5, 0.6) is 0 Å². The maximum atomic E-state index is 12.9. The molecule has 0 aromatic heterocycles. The summed E-state index contributed by atoms with van der Waals surface area (Å²) in [5.41, 5.74) is 8.34. The van der Waals surface area contributed by atoms with E-state index in [1.807, 2.05) is 0 Å². The van der Waals surface area contributed by atoms with Crippen LogP contribution in [0.2, 0.25) is 0 Å². The minimum atomic E-state index is -0.488. The Hall–Kier alpha value is -1.60. The van der Waals surface area contributed by atoms with Gasteiger partial charge < -0.3 is 5.73 Å². The van der Waals surface area contributed by atoms with E-state index in [1.165, 1.54) is 18.2 Å². The first-order chi connectivity index (χ1) is 6.11. The molecule has 0 aliphatic heterocycles. The lowest BCUT2D eigenvalue weighted by atomic mass is 10.0. The summed E-state index contributed by atoms with van der Waals surface area (Å²) >= 11 is 0. The third kappa shape index (κ3) is 2.42. The highest BCUT2D eigenvalue weighted by molar-refractivity contribution is 5.80. The summed E-state index contributed by atoms with van der Waals surface area (Å²) in [5, 5.41) is 0. The highest BCUT2D eigenvalue weighted by Gasteiger charge is 2.13. The zero-order chi connectivity index (χ0) is 9.84. The molecule has 2 nitrogen and oxygen atoms in total. The number of primary amides is 1. The van der Waals surface area contributed by atoms with E-state index in [2.05, 4.69) is 5.73 Å². The molecule has 3 heteroatoms. The summed E-state index contributed by atoms with van der Waals surface area (Å²) in [7, 11) is 0. The smallest absolute Gasteiger partial charge is 0.224 e. The fourth-order valence-electron chi connectivity index (χ4n) is 0.935. The van der Waals surface area contributed by atoms with Gasteiger partial charge in [-0.2, -0.15) is 0 Å². The zero-order valence-electron chi connectivity index (χ0n) is 7.25. The molecule has 0 aromatic rings. The van der Waals surface area contributed by atoms with Crippen LogP contribution in [-0.4, -0.2) is 5.91 Å². The molecule has 0 saturated carbocycles. The molecule has 0 heterocycles. The van der Waals surface area contributed by atoms with Crippen LogP contribution in [0.15, 0.2) is 41.4 Å². The standard InChI is InChI=1S/C10H10FNO/c1-7(10(12)13)8-4-2-3-5-9(11)6-8/h3-7H,1H3,(H2,12,13)/t7-/m0/s1. The van der Waals surface area contributed by atoms with E-state index < -0.39 is 17.7 Å². The largest absolute Gasteiger partial charge is 0.369 e. The summed E-state index contributed by atoms with van der Waals surface area (Å²) in [6.45, 7) is 1.63. The molecule has 1 atom stereocenters. The SMILES string of the molecule is C[C@H](C(N)=O)C1=CC(F)=CC=C=C1. The molecule has 0 fully saturated rings. The molecule has 0 unspecified atom stereocenters. The number of hydrogen-bond donors (Lipinski definition) is 1. The van der Waals surface area contributed by atoms with Gasteiger partial charge in [0.15, 0.2) is 0 Å². The van der Waals surface area contributed by atoms with Crippen molar-refractivity contribution in [2.24, 2.45) is 11.7 Å². The topological polar surface area (TPSA) is 43.1 Å². The number of carbonyl (C=O) groups is 1. The Labute approximate surface area is 75.9 Å². The van der Waals surface area contributed by atoms with E-state index >= 15 is 0 Å². The lowest BCUT2D eigenvalue weighted by Crippen LogP contribution is -2.21. The molecule has 1 aliphatic rings. The Morgan fingerprint density at radius 1 is 1.69 bits per heavy atom. The highest BCUT2D eigenvalue weighted by Crippen LogP contribution is 2.16. The van der Waals surface area contributed by atoms with Gasteiger partial charge in [0.1, 0.15) is 5.83 Å². The summed E-state index contributed by atoms with van der Waals surface area (Å²) < 4.78 is 12.9. The Bertz CT molecular complexity index is 346. The first-order valence-corrected chi connectivity index (χ1v) is 3.90. The molecule has 68 valence electrons. The van der Waals surface area contributed by atoms with Crippen molar-refractivity contribution in [2.45, 2.75) is 6.92 Å². The van der Waals surface area contributed by atoms with E-state index in [-0.39, 0.29) is 0 Å². The van der Waals surface area contributed by atoms with Crippen molar-refractivity contribution in [2.75, 3.05) is 0 Å². The number of hydrogen-bond acceptors (Lipinski definition) is 1. The van der Waals surface area contributed by atoms with Crippen molar-refractivity contribution in [3.05, 3.63) is 41.4 Å². The van der Waals surface area contributed by atoms with E-state index in [4.69, 9.17) is 5.73 Å². The molecule has 0 spiro atoms. The Balaban J connectivity index is 2.98. The molecule has 1 aliphatic carbocycles. The Morgan fingerprint density at radius 3 is 3.00 bits per heavy atom. The van der Waals surface area contributed by atoms with Crippen LogP contribution in [0.4, 0.5) is 4.39 Å². The van der Waals surface area contributed by atoms with E-state index in [1.54, 1.807) is 13.0 Å². The summed E-state index contributed by atoms with van der Waals surface area (Å²) in [6, 6.07) is 0. The predicted octanol–water partition coefficient (Wildman–Crippen LogP) is 1.61. The second-order valence-corrected chi connectivity index (χ2v) is 2.80. The summed E-state index contributed by atoms with van der Waals surface area (Å²) in [6.07, 6.45) is 5.56. The van der Waals surface area contributed by atoms with Gasteiger partial charge in [-0.25, -0.2) is 4.39 Å². The van der Waals surface area contributed by atoms with Gasteiger partial charge in [-0.15, -0.1) is 5.73 Å². The van der Waals surface area contributed by atoms with E-state index in [0.29, 0.717) is 5.57 Å². The van der Waals surface area contributed by atoms with Gasteiger partial charge in [-0.1, -0.05) is 0 Å². The van der Waals surface area contributed by atoms with Gasteiger partial charge >= 0.3 is 0 Å². The normalized spacial score (nSPS) is 17.4. The minimum Gasteiger partial charge on any atom is -0.369 e. The van der Waals surface area contributed by atoms with E-state index in [9.17, 15) is 9.18 Å². The van der Waals surface area contributed by atoms with Crippen molar-refractivity contribution >= 4 is 5.91 Å². The average molecular weight is 179 g/mol. The third-order valence-corrected chi connectivity index (χ3v) is 1.82. The van der Waals surface area contributed by atoms with Gasteiger partial charge in [0.25, 0.3) is 0 Å². The summed E-state index contributed by atoms with van der Waals surface area (Å²) in [4.78, 5) is 10.8. The molecule has 0 bridgehead atoms. The molecular weight excluding hydrogens is 169 g/mol. The molecule has 2 N–H and O–H groups in total. The van der Waals surface area contributed by atoms with Gasteiger partial charge in [0.2, 0.25) is 5.91 Å². The van der Waals surface area contributed by atoms with Crippen LogP contribution >= 0.6 is 0 Å². The highest BCUT2D eigenvalue weighted by atomic mass is 19.1. The van der Waals surface area contributed by atoms with Crippen molar-refractivity contribution < 1.29 is 9.18 Å². The average Bonchev–Trinajstić information content (AvgIpc) is 2.28.